The van der Waals surface area contributed by atoms with Crippen LogP contribution in [0.2, 0.25) is 5.02 Å². The lowest BCUT2D eigenvalue weighted by Crippen LogP contribution is -2.12. The Balaban J connectivity index is 1.66. The number of hydrogen-bond acceptors (Lipinski definition) is 5. The number of rotatable bonds is 4. The normalized spacial score (nSPS) is 18.6. The summed E-state index contributed by atoms with van der Waals surface area (Å²) < 4.78 is 19.2. The van der Waals surface area contributed by atoms with E-state index >= 15 is 0 Å². The van der Waals surface area contributed by atoms with Gasteiger partial charge in [0.05, 0.1) is 6.04 Å². The van der Waals surface area contributed by atoms with Gasteiger partial charge in [0.15, 0.2) is 0 Å². The van der Waals surface area contributed by atoms with Crippen LogP contribution in [0.5, 0.6) is 0 Å². The van der Waals surface area contributed by atoms with Gasteiger partial charge >= 0.3 is 0 Å². The number of benzene rings is 1. The summed E-state index contributed by atoms with van der Waals surface area (Å²) in [5.41, 5.74) is 0.456. The third kappa shape index (κ3) is 2.97. The molecule has 1 aliphatic heterocycles. The van der Waals surface area contributed by atoms with Gasteiger partial charge in [-0.3, -0.25) is 0 Å². The molecule has 0 amide bonds. The molecule has 1 fully saturated rings. The molecule has 0 spiro atoms. The van der Waals surface area contributed by atoms with Crippen molar-refractivity contribution in [2.45, 2.75) is 29.9 Å². The molecule has 1 atom stereocenters. The van der Waals surface area contributed by atoms with Crippen molar-refractivity contribution in [2.75, 3.05) is 6.54 Å². The molecule has 2 heterocycles. The summed E-state index contributed by atoms with van der Waals surface area (Å²) in [5.74, 6) is 0.650. The third-order valence-electron chi connectivity index (χ3n) is 3.18. The van der Waals surface area contributed by atoms with Crippen LogP contribution in [0.1, 0.15) is 30.3 Å². The molecule has 7 heteroatoms. The molecular weight excluding hydrogens is 301 g/mol. The zero-order chi connectivity index (χ0) is 13.9. The second-order valence-electron chi connectivity index (χ2n) is 4.54. The van der Waals surface area contributed by atoms with E-state index in [1.54, 1.807) is 12.1 Å². The Morgan fingerprint density at radius 1 is 1.45 bits per heavy atom. The maximum Gasteiger partial charge on any atom is 0.276 e. The van der Waals surface area contributed by atoms with Crippen molar-refractivity contribution in [2.24, 2.45) is 0 Å². The van der Waals surface area contributed by atoms with E-state index in [1.807, 2.05) is 0 Å². The summed E-state index contributed by atoms with van der Waals surface area (Å²) in [6.45, 7) is 0.973. The topological polar surface area (TPSA) is 51.0 Å². The molecule has 1 aromatic carbocycles. The van der Waals surface area contributed by atoms with Gasteiger partial charge in [0, 0.05) is 16.3 Å². The molecule has 4 nitrogen and oxygen atoms in total. The van der Waals surface area contributed by atoms with Gasteiger partial charge in [-0.25, -0.2) is 4.39 Å². The number of nitrogens with one attached hydrogen (secondary N) is 1. The van der Waals surface area contributed by atoms with Crippen LogP contribution in [0.25, 0.3) is 0 Å². The van der Waals surface area contributed by atoms with Gasteiger partial charge < -0.3 is 9.73 Å². The van der Waals surface area contributed by atoms with Crippen molar-refractivity contribution in [3.05, 3.63) is 40.5 Å². The number of hydrogen-bond donors (Lipinski definition) is 1. The molecule has 1 aromatic heterocycles. The summed E-state index contributed by atoms with van der Waals surface area (Å²) in [6.07, 6.45) is 2.12. The average molecular weight is 314 g/mol. The predicted molar refractivity (Wildman–Crippen MR) is 75.2 cm³/mol. The lowest BCUT2D eigenvalue weighted by molar-refractivity contribution is 0.374. The van der Waals surface area contributed by atoms with Crippen molar-refractivity contribution >= 4 is 23.4 Å². The number of halogens is 2. The van der Waals surface area contributed by atoms with Gasteiger partial charge in [-0.1, -0.05) is 29.4 Å². The number of nitrogens with zero attached hydrogens (tertiary/aromatic N) is 2. The fraction of sp³-hybridized carbons (Fsp3) is 0.385. The number of aromatic nitrogens is 2. The molecule has 0 saturated carbocycles. The second-order valence-corrected chi connectivity index (χ2v) is 5.88. The van der Waals surface area contributed by atoms with E-state index in [4.69, 9.17) is 16.0 Å². The van der Waals surface area contributed by atoms with Crippen LogP contribution in [0.15, 0.2) is 27.8 Å². The van der Waals surface area contributed by atoms with Gasteiger partial charge in [0.2, 0.25) is 5.89 Å². The first-order chi connectivity index (χ1) is 9.74. The third-order valence-corrected chi connectivity index (χ3v) is 4.38. The highest BCUT2D eigenvalue weighted by molar-refractivity contribution is 7.98. The fourth-order valence-corrected chi connectivity index (χ4v) is 3.23. The van der Waals surface area contributed by atoms with Crippen LogP contribution in [0.3, 0.4) is 0 Å². The Morgan fingerprint density at radius 2 is 2.35 bits per heavy atom. The Kier molecular flexibility index (Phi) is 4.24. The Morgan fingerprint density at radius 3 is 3.10 bits per heavy atom. The van der Waals surface area contributed by atoms with E-state index in [0.29, 0.717) is 27.5 Å². The molecule has 0 radical (unpaired) electrons. The van der Waals surface area contributed by atoms with Crippen LogP contribution >= 0.6 is 23.4 Å². The molecule has 1 aliphatic rings. The summed E-state index contributed by atoms with van der Waals surface area (Å²) >= 11 is 7.26. The molecule has 1 N–H and O–H groups in total. The quantitative estimate of drug-likeness (QED) is 0.874. The van der Waals surface area contributed by atoms with E-state index < -0.39 is 0 Å². The first-order valence-electron chi connectivity index (χ1n) is 6.36. The van der Waals surface area contributed by atoms with Crippen LogP contribution in [0, 0.1) is 5.82 Å². The van der Waals surface area contributed by atoms with E-state index in [2.05, 4.69) is 15.5 Å². The molecule has 106 valence electrons. The van der Waals surface area contributed by atoms with E-state index in [9.17, 15) is 4.39 Å². The van der Waals surface area contributed by atoms with Gasteiger partial charge in [-0.05, 0) is 31.5 Å². The van der Waals surface area contributed by atoms with E-state index in [0.717, 1.165) is 19.4 Å². The molecule has 0 bridgehead atoms. The van der Waals surface area contributed by atoms with Crippen molar-refractivity contribution in [1.29, 1.82) is 0 Å². The largest absolute Gasteiger partial charge is 0.414 e. The van der Waals surface area contributed by atoms with Crippen molar-refractivity contribution in [1.82, 2.24) is 15.5 Å². The summed E-state index contributed by atoms with van der Waals surface area (Å²) in [5, 5.41) is 12.1. The molecule has 3 rings (SSSR count). The van der Waals surface area contributed by atoms with E-state index in [-0.39, 0.29) is 11.9 Å². The van der Waals surface area contributed by atoms with Gasteiger partial charge in [-0.2, -0.15) is 0 Å². The minimum absolute atomic E-state index is 0.147. The molecule has 2 aromatic rings. The zero-order valence-corrected chi connectivity index (χ0v) is 12.2. The fourth-order valence-electron chi connectivity index (χ4n) is 2.12. The minimum Gasteiger partial charge on any atom is -0.414 e. The summed E-state index contributed by atoms with van der Waals surface area (Å²) in [7, 11) is 0. The molecule has 0 unspecified atom stereocenters. The summed E-state index contributed by atoms with van der Waals surface area (Å²) in [4.78, 5) is 0. The van der Waals surface area contributed by atoms with Gasteiger partial charge in [0.1, 0.15) is 5.82 Å². The van der Waals surface area contributed by atoms with Crippen LogP contribution in [0.4, 0.5) is 4.39 Å². The Labute approximate surface area is 125 Å². The van der Waals surface area contributed by atoms with Crippen molar-refractivity contribution < 1.29 is 8.81 Å². The smallest absolute Gasteiger partial charge is 0.276 e. The van der Waals surface area contributed by atoms with Crippen LogP contribution in [-0.2, 0) is 5.75 Å². The highest BCUT2D eigenvalue weighted by Gasteiger charge is 2.22. The minimum atomic E-state index is -0.317. The maximum absolute atomic E-state index is 13.6. The predicted octanol–water partition coefficient (Wildman–Crippen LogP) is 3.58. The highest BCUT2D eigenvalue weighted by Crippen LogP contribution is 2.29. The van der Waals surface area contributed by atoms with E-state index in [1.165, 1.54) is 17.8 Å². The maximum atomic E-state index is 13.6. The molecular formula is C13H13ClFN3OS. The average Bonchev–Trinajstić information content (AvgIpc) is 3.09. The van der Waals surface area contributed by atoms with Crippen LogP contribution < -0.4 is 5.32 Å². The van der Waals surface area contributed by atoms with Crippen LogP contribution in [-0.4, -0.2) is 16.7 Å². The van der Waals surface area contributed by atoms with Gasteiger partial charge in [0.25, 0.3) is 5.22 Å². The van der Waals surface area contributed by atoms with Crippen molar-refractivity contribution in [3.63, 3.8) is 0 Å². The summed E-state index contributed by atoms with van der Waals surface area (Å²) in [6, 6.07) is 4.79. The molecule has 0 aliphatic carbocycles. The first kappa shape index (κ1) is 13.9. The number of thioether (sulfide) groups is 1. The highest BCUT2D eigenvalue weighted by atomic mass is 35.5. The SMILES string of the molecule is Fc1cccc(Cl)c1CSc1nnc([C@@H]2CCCN2)o1. The second kappa shape index (κ2) is 6.11. The van der Waals surface area contributed by atoms with Crippen molar-refractivity contribution in [3.8, 4) is 0 Å². The zero-order valence-electron chi connectivity index (χ0n) is 10.6. The monoisotopic (exact) mass is 313 g/mol. The first-order valence-corrected chi connectivity index (χ1v) is 7.73. The molecule has 20 heavy (non-hydrogen) atoms. The van der Waals surface area contributed by atoms with Gasteiger partial charge in [-0.15, -0.1) is 10.2 Å². The standard InChI is InChI=1S/C13H13ClFN3OS/c14-9-3-1-4-10(15)8(9)7-20-13-18-17-12(19-13)11-5-2-6-16-11/h1,3-4,11,16H,2,5-7H2/t11-/m0/s1. The molecule has 1 saturated heterocycles. The Hall–Kier alpha value is -1.11. The lowest BCUT2D eigenvalue weighted by atomic mass is 10.2. The Bertz CT molecular complexity index is 581. The lowest BCUT2D eigenvalue weighted by Gasteiger charge is -2.04.